The van der Waals surface area contributed by atoms with Crippen molar-refractivity contribution in [2.75, 3.05) is 20.6 Å². The number of carbonyl (C=O) groups is 1. The van der Waals surface area contributed by atoms with Gasteiger partial charge in [0.15, 0.2) is 0 Å². The number of benzene rings is 2. The molecule has 1 amide bonds. The van der Waals surface area contributed by atoms with E-state index < -0.39 is 0 Å². The second-order valence-corrected chi connectivity index (χ2v) is 8.49. The summed E-state index contributed by atoms with van der Waals surface area (Å²) < 4.78 is 0. The highest BCUT2D eigenvalue weighted by Gasteiger charge is 2.28. The fraction of sp³-hybridized carbons (Fsp3) is 0.409. The summed E-state index contributed by atoms with van der Waals surface area (Å²) in [7, 11) is 4.13. The molecule has 138 valence electrons. The molecule has 0 saturated carbocycles. The van der Waals surface area contributed by atoms with Gasteiger partial charge in [0.25, 0.3) is 0 Å². The Labute approximate surface area is 161 Å². The Morgan fingerprint density at radius 2 is 1.96 bits per heavy atom. The first-order valence-corrected chi connectivity index (χ1v) is 10.1. The first-order valence-electron chi connectivity index (χ1n) is 9.27. The van der Waals surface area contributed by atoms with Crippen LogP contribution < -0.4 is 5.32 Å². The molecule has 3 rings (SSSR count). The summed E-state index contributed by atoms with van der Waals surface area (Å²) in [6.45, 7) is 4.89. The largest absolute Gasteiger partial charge is 0.353 e. The molecule has 0 radical (unpaired) electrons. The molecule has 1 aliphatic heterocycles. The molecule has 1 N–H and O–H groups in total. The number of aryl methyl sites for hydroxylation is 2. The van der Waals surface area contributed by atoms with Crippen molar-refractivity contribution in [3.8, 4) is 0 Å². The quantitative estimate of drug-likeness (QED) is 0.837. The molecule has 0 fully saturated rings. The number of likely N-dealkylation sites (N-methyl/N-ethyl adjacent to an activating group) is 1. The van der Waals surface area contributed by atoms with Crippen LogP contribution in [0.5, 0.6) is 0 Å². The minimum absolute atomic E-state index is 0.0166. The Morgan fingerprint density at radius 3 is 2.62 bits per heavy atom. The van der Waals surface area contributed by atoms with Gasteiger partial charge in [-0.3, -0.25) is 4.79 Å². The lowest BCUT2D eigenvalue weighted by atomic mass is 10.0. The minimum Gasteiger partial charge on any atom is -0.353 e. The zero-order valence-corrected chi connectivity index (χ0v) is 16.9. The van der Waals surface area contributed by atoms with Crippen LogP contribution in [0.2, 0.25) is 0 Å². The Kier molecular flexibility index (Phi) is 6.05. The highest BCUT2D eigenvalue weighted by molar-refractivity contribution is 8.01. The summed E-state index contributed by atoms with van der Waals surface area (Å²) >= 11 is 1.69. The third kappa shape index (κ3) is 4.30. The van der Waals surface area contributed by atoms with E-state index in [0.29, 0.717) is 6.54 Å². The number of hydrogen-bond acceptors (Lipinski definition) is 3. The number of fused-ring (bicyclic) bond motifs is 1. The number of nitrogens with one attached hydrogen (secondary N) is 1. The van der Waals surface area contributed by atoms with Crippen molar-refractivity contribution in [2.24, 2.45) is 0 Å². The number of thioether (sulfide) groups is 1. The van der Waals surface area contributed by atoms with Gasteiger partial charge in [0.2, 0.25) is 5.91 Å². The van der Waals surface area contributed by atoms with E-state index in [2.05, 4.69) is 80.6 Å². The van der Waals surface area contributed by atoms with Crippen molar-refractivity contribution in [1.82, 2.24) is 10.2 Å². The predicted molar refractivity (Wildman–Crippen MR) is 110 cm³/mol. The van der Waals surface area contributed by atoms with Crippen molar-refractivity contribution in [2.45, 2.75) is 42.9 Å². The summed E-state index contributed by atoms with van der Waals surface area (Å²) in [5.41, 5.74) is 5.12. The first kappa shape index (κ1) is 19.0. The maximum Gasteiger partial charge on any atom is 0.233 e. The third-order valence-electron chi connectivity index (χ3n) is 5.06. The first-order chi connectivity index (χ1) is 12.5. The molecule has 1 aliphatic rings. The standard InChI is InChI=1S/C22H28N2OS/c1-5-16-7-10-17(11-8-16)19(24(3)4)14-23-22(25)21-13-18-9-6-15(2)12-20(18)26-21/h6-12,19,21H,5,13-14H2,1-4H3,(H,23,25). The summed E-state index contributed by atoms with van der Waals surface area (Å²) in [5, 5.41) is 3.16. The maximum atomic E-state index is 12.7. The van der Waals surface area contributed by atoms with Crippen LogP contribution in [0.4, 0.5) is 0 Å². The van der Waals surface area contributed by atoms with Crippen molar-refractivity contribution in [3.05, 3.63) is 64.7 Å². The van der Waals surface area contributed by atoms with E-state index in [1.165, 1.54) is 27.1 Å². The van der Waals surface area contributed by atoms with Crippen LogP contribution >= 0.6 is 11.8 Å². The molecule has 2 aromatic rings. The van der Waals surface area contributed by atoms with Crippen LogP contribution in [0, 0.1) is 6.92 Å². The van der Waals surface area contributed by atoms with Crippen molar-refractivity contribution in [1.29, 1.82) is 0 Å². The van der Waals surface area contributed by atoms with Gasteiger partial charge in [-0.15, -0.1) is 11.8 Å². The van der Waals surface area contributed by atoms with Crippen molar-refractivity contribution < 1.29 is 4.79 Å². The van der Waals surface area contributed by atoms with Crippen LogP contribution in [0.25, 0.3) is 0 Å². The molecular formula is C22H28N2OS. The predicted octanol–water partition coefficient (Wildman–Crippen LogP) is 3.99. The van der Waals surface area contributed by atoms with Gasteiger partial charge in [-0.2, -0.15) is 0 Å². The Balaban J connectivity index is 1.61. The van der Waals surface area contributed by atoms with E-state index >= 15 is 0 Å². The molecule has 2 unspecified atom stereocenters. The lowest BCUT2D eigenvalue weighted by Crippen LogP contribution is -2.38. The molecule has 4 heteroatoms. The number of carbonyl (C=O) groups excluding carboxylic acids is 1. The Morgan fingerprint density at radius 1 is 1.23 bits per heavy atom. The fourth-order valence-electron chi connectivity index (χ4n) is 3.37. The van der Waals surface area contributed by atoms with E-state index in [0.717, 1.165) is 12.8 Å². The summed E-state index contributed by atoms with van der Waals surface area (Å²) in [4.78, 5) is 16.1. The summed E-state index contributed by atoms with van der Waals surface area (Å²) in [5.74, 6) is 0.140. The zero-order chi connectivity index (χ0) is 18.7. The average Bonchev–Trinajstić information content (AvgIpc) is 3.05. The van der Waals surface area contributed by atoms with Gasteiger partial charge in [0.1, 0.15) is 0 Å². The highest BCUT2D eigenvalue weighted by Crippen LogP contribution is 2.37. The molecule has 0 aromatic heterocycles. The number of hydrogen-bond donors (Lipinski definition) is 1. The van der Waals surface area contributed by atoms with Crippen LogP contribution in [0.3, 0.4) is 0 Å². The second kappa shape index (κ2) is 8.28. The van der Waals surface area contributed by atoms with E-state index in [9.17, 15) is 4.79 Å². The Bertz CT molecular complexity index is 770. The van der Waals surface area contributed by atoms with Crippen LogP contribution in [0.15, 0.2) is 47.4 Å². The lowest BCUT2D eigenvalue weighted by Gasteiger charge is -2.26. The lowest BCUT2D eigenvalue weighted by molar-refractivity contribution is -0.120. The van der Waals surface area contributed by atoms with Crippen LogP contribution in [-0.4, -0.2) is 36.7 Å². The minimum atomic E-state index is -0.0166. The second-order valence-electron chi connectivity index (χ2n) is 7.24. The Hall–Kier alpha value is -1.78. The molecule has 1 heterocycles. The molecule has 2 aromatic carbocycles. The zero-order valence-electron chi connectivity index (χ0n) is 16.1. The molecule has 2 atom stereocenters. The molecule has 3 nitrogen and oxygen atoms in total. The van der Waals surface area contributed by atoms with E-state index in [-0.39, 0.29) is 17.2 Å². The van der Waals surface area contributed by atoms with E-state index in [1.54, 1.807) is 11.8 Å². The van der Waals surface area contributed by atoms with Crippen LogP contribution in [-0.2, 0) is 17.6 Å². The number of nitrogens with zero attached hydrogens (tertiary/aromatic N) is 1. The van der Waals surface area contributed by atoms with Gasteiger partial charge in [-0.25, -0.2) is 0 Å². The highest BCUT2D eigenvalue weighted by atomic mass is 32.2. The number of amides is 1. The van der Waals surface area contributed by atoms with E-state index in [1.807, 2.05) is 0 Å². The molecular weight excluding hydrogens is 340 g/mol. The molecule has 0 saturated heterocycles. The molecule has 0 bridgehead atoms. The van der Waals surface area contributed by atoms with Crippen molar-refractivity contribution >= 4 is 17.7 Å². The fourth-order valence-corrected chi connectivity index (χ4v) is 4.68. The topological polar surface area (TPSA) is 32.3 Å². The maximum absolute atomic E-state index is 12.7. The monoisotopic (exact) mass is 368 g/mol. The smallest absolute Gasteiger partial charge is 0.233 e. The SMILES string of the molecule is CCc1ccc(C(CNC(=O)C2Cc3ccc(C)cc3S2)N(C)C)cc1. The van der Waals surface area contributed by atoms with Gasteiger partial charge in [0, 0.05) is 11.4 Å². The summed E-state index contributed by atoms with van der Waals surface area (Å²) in [6, 6.07) is 15.4. The molecule has 0 aliphatic carbocycles. The third-order valence-corrected chi connectivity index (χ3v) is 6.35. The normalized spacial score (nSPS) is 17.2. The molecule has 26 heavy (non-hydrogen) atoms. The average molecular weight is 369 g/mol. The van der Waals surface area contributed by atoms with Gasteiger partial charge in [-0.05, 0) is 56.6 Å². The van der Waals surface area contributed by atoms with Gasteiger partial charge >= 0.3 is 0 Å². The van der Waals surface area contributed by atoms with Gasteiger partial charge < -0.3 is 10.2 Å². The van der Waals surface area contributed by atoms with E-state index in [4.69, 9.17) is 0 Å². The van der Waals surface area contributed by atoms with Crippen LogP contribution in [0.1, 0.15) is 35.2 Å². The molecule has 0 spiro atoms. The summed E-state index contributed by atoms with van der Waals surface area (Å²) in [6.07, 6.45) is 1.87. The van der Waals surface area contributed by atoms with Crippen molar-refractivity contribution in [3.63, 3.8) is 0 Å². The van der Waals surface area contributed by atoms with Gasteiger partial charge in [-0.1, -0.05) is 48.9 Å². The number of rotatable bonds is 6. The van der Waals surface area contributed by atoms with Gasteiger partial charge in [0.05, 0.1) is 11.3 Å².